The summed E-state index contributed by atoms with van der Waals surface area (Å²) in [5.41, 5.74) is 4.94. The van der Waals surface area contributed by atoms with Crippen LogP contribution in [-0.2, 0) is 12.8 Å². The van der Waals surface area contributed by atoms with E-state index in [2.05, 4.69) is 15.3 Å². The number of halogens is 3. The Morgan fingerprint density at radius 2 is 1.91 bits per heavy atom. The van der Waals surface area contributed by atoms with Crippen LogP contribution in [0.4, 0.5) is 23.8 Å². The third-order valence-electron chi connectivity index (χ3n) is 5.25. The molecule has 0 unspecified atom stereocenters. The number of aromatic nitrogens is 2. The number of hydrogen-bond acceptors (Lipinski definition) is 3. The van der Waals surface area contributed by atoms with Crippen LogP contribution in [0.25, 0.3) is 11.3 Å². The van der Waals surface area contributed by atoms with Crippen LogP contribution in [0.5, 0.6) is 0 Å². The number of benzene rings is 1. The van der Waals surface area contributed by atoms with E-state index in [-0.39, 0.29) is 11.6 Å². The van der Waals surface area contributed by atoms with Crippen molar-refractivity contribution in [3.63, 3.8) is 0 Å². The predicted octanol–water partition coefficient (Wildman–Crippen LogP) is 4.87. The van der Waals surface area contributed by atoms with Crippen molar-refractivity contribution >= 4 is 17.6 Å². The molecule has 9 heteroatoms. The minimum absolute atomic E-state index is 0.0959. The summed E-state index contributed by atoms with van der Waals surface area (Å²) < 4.78 is 37.0. The van der Waals surface area contributed by atoms with E-state index in [1.807, 2.05) is 30.3 Å². The van der Waals surface area contributed by atoms with Crippen LogP contribution in [0.3, 0.4) is 0 Å². The molecule has 0 spiro atoms. The van der Waals surface area contributed by atoms with E-state index in [1.165, 1.54) is 6.20 Å². The highest BCUT2D eigenvalue weighted by Crippen LogP contribution is 2.35. The lowest BCUT2D eigenvalue weighted by atomic mass is 9.90. The predicted molar refractivity (Wildman–Crippen MR) is 114 cm³/mol. The van der Waals surface area contributed by atoms with Crippen LogP contribution in [0, 0.1) is 0 Å². The molecule has 0 saturated carbocycles. The van der Waals surface area contributed by atoms with Gasteiger partial charge in [-0.2, -0.15) is 13.2 Å². The van der Waals surface area contributed by atoms with Crippen molar-refractivity contribution in [3.05, 3.63) is 71.0 Å². The van der Waals surface area contributed by atoms with Gasteiger partial charge in [0.25, 0.3) is 0 Å². The van der Waals surface area contributed by atoms with Crippen molar-refractivity contribution < 1.29 is 22.8 Å². The van der Waals surface area contributed by atoms with E-state index in [1.54, 1.807) is 17.4 Å². The highest BCUT2D eigenvalue weighted by molar-refractivity contribution is 6.01. The highest BCUT2D eigenvalue weighted by atomic mass is 19.4. The lowest BCUT2D eigenvalue weighted by Gasteiger charge is -2.12. The maximum absolute atomic E-state index is 12.7. The molecule has 0 radical (unpaired) electrons. The molecule has 6 nitrogen and oxygen atoms in total. The summed E-state index contributed by atoms with van der Waals surface area (Å²) in [5.74, 6) is 0.199. The van der Waals surface area contributed by atoms with Gasteiger partial charge >= 0.3 is 12.2 Å². The largest absolute Gasteiger partial charge is 0.405 e. The van der Waals surface area contributed by atoms with Crippen molar-refractivity contribution in [2.45, 2.75) is 31.9 Å². The van der Waals surface area contributed by atoms with Crippen LogP contribution in [0.15, 0.2) is 48.7 Å². The monoisotopic (exact) mass is 442 g/mol. The van der Waals surface area contributed by atoms with Crippen molar-refractivity contribution in [2.24, 2.45) is 0 Å². The lowest BCUT2D eigenvalue weighted by Crippen LogP contribution is -2.36. The van der Waals surface area contributed by atoms with Crippen molar-refractivity contribution in [2.75, 3.05) is 11.9 Å². The highest BCUT2D eigenvalue weighted by Gasteiger charge is 2.28. The molecule has 0 saturated heterocycles. The van der Waals surface area contributed by atoms with E-state index in [4.69, 9.17) is 0 Å². The van der Waals surface area contributed by atoms with Crippen LogP contribution in [0.1, 0.15) is 40.0 Å². The number of Topliss-reactive ketones (excluding diaryl/α,β-unsaturated/α-hetero) is 1. The molecule has 4 rings (SSSR count). The molecule has 32 heavy (non-hydrogen) atoms. The van der Waals surface area contributed by atoms with Gasteiger partial charge in [-0.3, -0.25) is 10.1 Å². The number of pyridine rings is 1. The number of carbonyl (C=O) groups excluding carboxylic acids is 2. The van der Waals surface area contributed by atoms with Crippen LogP contribution in [-0.4, -0.2) is 34.5 Å². The first-order valence-corrected chi connectivity index (χ1v) is 10.2. The number of amides is 2. The zero-order valence-corrected chi connectivity index (χ0v) is 17.1. The van der Waals surface area contributed by atoms with Crippen molar-refractivity contribution in [1.82, 2.24) is 15.3 Å². The molecular formula is C23H21F3N4O2. The van der Waals surface area contributed by atoms with Gasteiger partial charge < -0.3 is 10.3 Å². The Labute approximate surface area is 182 Å². The first-order chi connectivity index (χ1) is 15.3. The molecule has 0 atom stereocenters. The van der Waals surface area contributed by atoms with Gasteiger partial charge in [0.05, 0.1) is 5.69 Å². The minimum atomic E-state index is -4.51. The molecule has 0 bridgehead atoms. The number of hydrogen-bond donors (Lipinski definition) is 3. The summed E-state index contributed by atoms with van der Waals surface area (Å²) in [6.45, 7) is -1.44. The number of carbonyl (C=O) groups is 2. The van der Waals surface area contributed by atoms with E-state index >= 15 is 0 Å². The van der Waals surface area contributed by atoms with Crippen molar-refractivity contribution in [1.29, 1.82) is 0 Å². The standard InChI is InChI=1S/C23H21F3N4O2/c24-23(25,26)13-28-22(32)30-19-12-15(9-10-27-19)21-16(11-14-5-2-1-3-6-14)20-17(29-21)7-4-8-18(20)31/h1-3,5-6,9-10,12,29H,4,7-8,11,13H2,(H2,27,28,30,32). The Kier molecular flexibility index (Phi) is 5.98. The van der Waals surface area contributed by atoms with Gasteiger partial charge in [0, 0.05) is 35.9 Å². The Bertz CT molecular complexity index is 1140. The number of rotatable bonds is 5. The smallest absolute Gasteiger partial charge is 0.358 e. The maximum atomic E-state index is 12.7. The number of H-pyrrole nitrogens is 1. The summed E-state index contributed by atoms with van der Waals surface area (Å²) in [4.78, 5) is 31.9. The van der Waals surface area contributed by atoms with Gasteiger partial charge in [0.15, 0.2) is 5.78 Å². The van der Waals surface area contributed by atoms with Crippen LogP contribution in [0.2, 0.25) is 0 Å². The van der Waals surface area contributed by atoms with Crippen LogP contribution < -0.4 is 10.6 Å². The maximum Gasteiger partial charge on any atom is 0.405 e. The number of aromatic amines is 1. The van der Waals surface area contributed by atoms with Gasteiger partial charge in [0.1, 0.15) is 12.4 Å². The first kappa shape index (κ1) is 21.6. The van der Waals surface area contributed by atoms with E-state index < -0.39 is 18.8 Å². The van der Waals surface area contributed by atoms with Gasteiger partial charge in [-0.05, 0) is 36.1 Å². The number of urea groups is 1. The molecule has 3 aromatic rings. The third-order valence-corrected chi connectivity index (χ3v) is 5.25. The number of aryl methyl sites for hydroxylation is 1. The number of ketones is 1. The molecule has 2 heterocycles. The van der Waals surface area contributed by atoms with Crippen LogP contribution >= 0.6 is 0 Å². The lowest BCUT2D eigenvalue weighted by molar-refractivity contribution is -0.122. The number of nitrogens with zero attached hydrogens (tertiary/aromatic N) is 1. The summed E-state index contributed by atoms with van der Waals surface area (Å²) in [6.07, 6.45) is -0.463. The summed E-state index contributed by atoms with van der Waals surface area (Å²) in [7, 11) is 0. The fraction of sp³-hybridized carbons (Fsp3) is 0.261. The number of alkyl halides is 3. The Hall–Kier alpha value is -3.62. The fourth-order valence-corrected chi connectivity index (χ4v) is 3.89. The van der Waals surface area contributed by atoms with Gasteiger partial charge in [-0.1, -0.05) is 30.3 Å². The molecule has 3 N–H and O–H groups in total. The minimum Gasteiger partial charge on any atom is -0.358 e. The SMILES string of the molecule is O=C(NCC(F)(F)F)Nc1cc(-c2[nH]c3c(c2Cc2ccccc2)C(=O)CCC3)ccn1. The van der Waals surface area contributed by atoms with E-state index in [9.17, 15) is 22.8 Å². The molecule has 2 aromatic heterocycles. The molecular weight excluding hydrogens is 421 g/mol. The molecule has 1 aliphatic rings. The van der Waals surface area contributed by atoms with E-state index in [0.29, 0.717) is 24.0 Å². The second-order valence-corrected chi connectivity index (χ2v) is 7.62. The molecule has 0 aliphatic heterocycles. The zero-order valence-electron chi connectivity index (χ0n) is 17.1. The quantitative estimate of drug-likeness (QED) is 0.527. The van der Waals surface area contributed by atoms with Gasteiger partial charge in [-0.15, -0.1) is 0 Å². The average Bonchev–Trinajstić information content (AvgIpc) is 3.12. The Balaban J connectivity index is 1.65. The summed E-state index contributed by atoms with van der Waals surface area (Å²) in [5, 5.41) is 4.07. The molecule has 1 aromatic carbocycles. The summed E-state index contributed by atoms with van der Waals surface area (Å²) >= 11 is 0. The summed E-state index contributed by atoms with van der Waals surface area (Å²) in [6, 6.07) is 12.1. The number of anilines is 1. The Morgan fingerprint density at radius 3 is 2.66 bits per heavy atom. The second-order valence-electron chi connectivity index (χ2n) is 7.62. The molecule has 166 valence electrons. The molecule has 0 fully saturated rings. The normalized spacial score (nSPS) is 13.5. The molecule has 1 aliphatic carbocycles. The zero-order chi connectivity index (χ0) is 22.7. The second kappa shape index (κ2) is 8.86. The number of nitrogens with one attached hydrogen (secondary N) is 3. The fourth-order valence-electron chi connectivity index (χ4n) is 3.89. The van der Waals surface area contributed by atoms with Gasteiger partial charge in [-0.25, -0.2) is 9.78 Å². The Morgan fingerprint density at radius 1 is 1.12 bits per heavy atom. The molecule has 2 amide bonds. The third kappa shape index (κ3) is 4.99. The average molecular weight is 442 g/mol. The first-order valence-electron chi connectivity index (χ1n) is 10.2. The van der Waals surface area contributed by atoms with Crippen molar-refractivity contribution in [3.8, 4) is 11.3 Å². The van der Waals surface area contributed by atoms with E-state index in [0.717, 1.165) is 35.4 Å². The topological polar surface area (TPSA) is 86.9 Å². The number of fused-ring (bicyclic) bond motifs is 1. The van der Waals surface area contributed by atoms with Gasteiger partial charge in [0.2, 0.25) is 0 Å².